The molecule has 42 heavy (non-hydrogen) atoms. The number of nitrogens with one attached hydrogen (secondary N) is 2. The Kier molecular flexibility index (Phi) is 8.36. The maximum absolute atomic E-state index is 14.0. The number of rotatable bonds is 8. The molecule has 1 aromatic heterocycles. The second-order valence-electron chi connectivity index (χ2n) is 10.5. The summed E-state index contributed by atoms with van der Waals surface area (Å²) in [5, 5.41) is 15.5. The molecule has 0 saturated heterocycles. The maximum Gasteiger partial charge on any atom is 0.510 e. The summed E-state index contributed by atoms with van der Waals surface area (Å²) < 4.78 is 58.6. The average molecular weight is 605 g/mol. The Morgan fingerprint density at radius 1 is 1.12 bits per heavy atom. The highest BCUT2D eigenvalue weighted by atomic mass is 31.1. The van der Waals surface area contributed by atoms with Crippen molar-refractivity contribution >= 4 is 37.1 Å². The molecule has 1 unspecified atom stereocenters. The van der Waals surface area contributed by atoms with Gasteiger partial charge < -0.3 is 25.4 Å². The van der Waals surface area contributed by atoms with Crippen LogP contribution in [0.5, 0.6) is 5.75 Å². The van der Waals surface area contributed by atoms with E-state index in [2.05, 4.69) is 20.6 Å². The number of carbonyl (C=O) groups is 1. The molecule has 0 spiro atoms. The largest absolute Gasteiger partial charge is 0.510 e. The minimum atomic E-state index is -4.78. The number of hydrogen-bond acceptors (Lipinski definition) is 8. The second-order valence-corrected chi connectivity index (χ2v) is 11.5. The lowest BCUT2D eigenvalue weighted by molar-refractivity contribution is -0.137. The predicted molar refractivity (Wildman–Crippen MR) is 150 cm³/mol. The van der Waals surface area contributed by atoms with Gasteiger partial charge in [0.2, 0.25) is 12.1 Å². The Hall–Kier alpha value is -3.80. The van der Waals surface area contributed by atoms with E-state index >= 15 is 0 Å². The lowest BCUT2D eigenvalue weighted by Crippen LogP contribution is -2.18. The van der Waals surface area contributed by atoms with Crippen molar-refractivity contribution in [3.8, 4) is 5.75 Å². The van der Waals surface area contributed by atoms with E-state index in [1.807, 2.05) is 6.07 Å². The smallest absolute Gasteiger partial charge is 0.495 e. The molecule has 0 radical (unpaired) electrons. The standard InChI is InChI=1S/C28H29F3N5O5P/c1-36-13-19-18(16-4-6-17(37)7-5-16)8-10-22(24(19)26(36)38)33-25-20(28(29,30)31)12-32-27(35-25)34-21-9-3-15(14-42(39)40)11-23(21)41-2/h3,8-12,16-17,37H,4-7,13-14H2,1-2H3,(H2-,32,33,34,35,38,39,40)/p+1. The molecular weight excluding hydrogens is 574 g/mol. The van der Waals surface area contributed by atoms with Crippen LogP contribution in [0.1, 0.15) is 64.2 Å². The lowest BCUT2D eigenvalue weighted by atomic mass is 9.80. The monoisotopic (exact) mass is 604 g/mol. The number of hydrogen-bond donors (Lipinski definition) is 4. The molecule has 14 heteroatoms. The summed E-state index contributed by atoms with van der Waals surface area (Å²) in [5.41, 5.74) is 2.01. The van der Waals surface area contributed by atoms with Gasteiger partial charge >= 0.3 is 14.2 Å². The molecule has 1 saturated carbocycles. The number of carbonyl (C=O) groups excluding carboxylic acids is 1. The van der Waals surface area contributed by atoms with Crippen molar-refractivity contribution in [2.45, 2.75) is 56.6 Å². The van der Waals surface area contributed by atoms with Gasteiger partial charge in [0, 0.05) is 25.4 Å². The van der Waals surface area contributed by atoms with Crippen molar-refractivity contribution in [2.24, 2.45) is 0 Å². The molecule has 5 rings (SSSR count). The van der Waals surface area contributed by atoms with Crippen LogP contribution in [0.15, 0.2) is 36.5 Å². The van der Waals surface area contributed by atoms with Gasteiger partial charge in [-0.3, -0.25) is 4.79 Å². The zero-order valence-electron chi connectivity index (χ0n) is 22.9. The van der Waals surface area contributed by atoms with Crippen molar-refractivity contribution < 1.29 is 37.3 Å². The number of amides is 1. The molecule has 1 aliphatic heterocycles. The highest BCUT2D eigenvalue weighted by Crippen LogP contribution is 2.42. The Labute approximate surface area is 240 Å². The molecule has 2 aromatic carbocycles. The van der Waals surface area contributed by atoms with Gasteiger partial charge in [0.05, 0.1) is 30.2 Å². The molecular formula is C28H30F3N5O5P+. The Morgan fingerprint density at radius 2 is 1.83 bits per heavy atom. The first-order valence-corrected chi connectivity index (χ1v) is 14.7. The Bertz CT molecular complexity index is 1530. The molecule has 10 nitrogen and oxygen atoms in total. The highest BCUT2D eigenvalue weighted by Gasteiger charge is 2.37. The molecule has 0 bridgehead atoms. The lowest BCUT2D eigenvalue weighted by Gasteiger charge is -2.27. The minimum Gasteiger partial charge on any atom is -0.495 e. The molecule has 2 heterocycles. The van der Waals surface area contributed by atoms with Gasteiger partial charge in [0.1, 0.15) is 17.1 Å². The number of alkyl halides is 3. The first-order valence-electron chi connectivity index (χ1n) is 13.3. The number of aliphatic hydroxyl groups is 1. The minimum absolute atomic E-state index is 0.0868. The second kappa shape index (κ2) is 11.8. The van der Waals surface area contributed by atoms with Gasteiger partial charge in [-0.15, -0.1) is 0 Å². The Balaban J connectivity index is 1.50. The number of ether oxygens (including phenoxy) is 1. The topological polar surface area (TPSA) is 137 Å². The number of nitrogens with zero attached hydrogens (tertiary/aromatic N) is 3. The number of anilines is 4. The van der Waals surface area contributed by atoms with Crippen molar-refractivity contribution in [3.63, 3.8) is 0 Å². The van der Waals surface area contributed by atoms with Crippen molar-refractivity contribution in [3.05, 3.63) is 64.3 Å². The van der Waals surface area contributed by atoms with Crippen molar-refractivity contribution in [1.82, 2.24) is 14.9 Å². The predicted octanol–water partition coefficient (Wildman–Crippen LogP) is 5.83. The third kappa shape index (κ3) is 6.18. The zero-order valence-corrected chi connectivity index (χ0v) is 23.8. The van der Waals surface area contributed by atoms with E-state index in [9.17, 15) is 32.5 Å². The van der Waals surface area contributed by atoms with E-state index < -0.39 is 25.6 Å². The molecule has 1 fully saturated rings. The summed E-state index contributed by atoms with van der Waals surface area (Å²) in [7, 11) is 0.617. The van der Waals surface area contributed by atoms with E-state index in [4.69, 9.17) is 4.74 Å². The molecule has 222 valence electrons. The normalized spacial score (nSPS) is 19.0. The number of aromatic nitrogens is 2. The van der Waals surface area contributed by atoms with Crippen LogP contribution in [-0.4, -0.2) is 51.0 Å². The van der Waals surface area contributed by atoms with Crippen LogP contribution in [0.2, 0.25) is 0 Å². The quantitative estimate of drug-likeness (QED) is 0.234. The summed E-state index contributed by atoms with van der Waals surface area (Å²) >= 11 is 0. The molecule has 4 N–H and O–H groups in total. The van der Waals surface area contributed by atoms with E-state index in [0.717, 1.165) is 24.0 Å². The molecule has 1 aliphatic carbocycles. The van der Waals surface area contributed by atoms with Crippen LogP contribution in [0.3, 0.4) is 0 Å². The van der Waals surface area contributed by atoms with Gasteiger partial charge in [-0.2, -0.15) is 23.0 Å². The number of halogens is 3. The first kappa shape index (κ1) is 29.7. The highest BCUT2D eigenvalue weighted by molar-refractivity contribution is 7.37. The molecule has 3 aromatic rings. The van der Waals surface area contributed by atoms with E-state index in [1.54, 1.807) is 25.2 Å². The SMILES string of the molecule is COc1cc(C[P+](=O)O)ccc1Nc1ncc(C(F)(F)F)c(Nc2ccc(C3CCC(O)CC3)c3c2C(=O)N(C)C3)n1. The summed E-state index contributed by atoms with van der Waals surface area (Å²) in [5.74, 6) is -0.580. The summed E-state index contributed by atoms with van der Waals surface area (Å²) in [6, 6.07) is 8.12. The van der Waals surface area contributed by atoms with E-state index in [1.165, 1.54) is 18.1 Å². The van der Waals surface area contributed by atoms with Crippen molar-refractivity contribution in [2.75, 3.05) is 24.8 Å². The summed E-state index contributed by atoms with van der Waals surface area (Å²) in [4.78, 5) is 31.9. The van der Waals surface area contributed by atoms with Crippen LogP contribution < -0.4 is 15.4 Å². The fraction of sp³-hybridized carbons (Fsp3) is 0.393. The van der Waals surface area contributed by atoms with Crippen LogP contribution in [-0.2, 0) is 23.4 Å². The van der Waals surface area contributed by atoms with Crippen LogP contribution in [0, 0.1) is 0 Å². The number of benzene rings is 2. The number of aliphatic hydroxyl groups excluding tert-OH is 1. The van der Waals surface area contributed by atoms with Gasteiger partial charge in [-0.05, 0) is 65.5 Å². The Morgan fingerprint density at radius 3 is 2.50 bits per heavy atom. The van der Waals surface area contributed by atoms with Crippen LogP contribution in [0.4, 0.5) is 36.3 Å². The maximum atomic E-state index is 14.0. The van der Waals surface area contributed by atoms with E-state index in [-0.39, 0.29) is 41.5 Å². The summed E-state index contributed by atoms with van der Waals surface area (Å²) in [6.07, 6.45) is -1.71. The fourth-order valence-electron chi connectivity index (χ4n) is 5.54. The van der Waals surface area contributed by atoms with Gasteiger partial charge in [-0.25, -0.2) is 4.98 Å². The molecule has 1 atom stereocenters. The number of fused-ring (bicyclic) bond motifs is 1. The first-order chi connectivity index (χ1) is 19.9. The zero-order chi connectivity index (χ0) is 30.2. The van der Waals surface area contributed by atoms with Gasteiger partial charge in [-0.1, -0.05) is 12.1 Å². The summed E-state index contributed by atoms with van der Waals surface area (Å²) in [6.45, 7) is 0.334. The van der Waals surface area contributed by atoms with Crippen LogP contribution >= 0.6 is 8.03 Å². The van der Waals surface area contributed by atoms with Crippen LogP contribution in [0.25, 0.3) is 0 Å². The van der Waals surface area contributed by atoms with E-state index in [0.29, 0.717) is 42.4 Å². The molecule has 2 aliphatic rings. The number of methoxy groups -OCH3 is 1. The van der Waals surface area contributed by atoms with Crippen molar-refractivity contribution in [1.29, 1.82) is 0 Å². The fourth-order valence-corrected chi connectivity index (χ4v) is 6.05. The molecule has 1 amide bonds. The average Bonchev–Trinajstić information content (AvgIpc) is 3.23. The van der Waals surface area contributed by atoms with Gasteiger partial charge in [0.25, 0.3) is 5.91 Å². The third-order valence-corrected chi connectivity index (χ3v) is 8.25. The van der Waals surface area contributed by atoms with Gasteiger partial charge in [0.15, 0.2) is 0 Å². The third-order valence-electron chi connectivity index (χ3n) is 7.62.